The minimum atomic E-state index is -1.06. The molecule has 0 aliphatic heterocycles. The molecule has 0 aliphatic carbocycles. The molecule has 162 valence electrons. The van der Waals surface area contributed by atoms with E-state index in [1.165, 1.54) is 25.3 Å². The van der Waals surface area contributed by atoms with Gasteiger partial charge in [-0.1, -0.05) is 12.1 Å². The summed E-state index contributed by atoms with van der Waals surface area (Å²) in [7, 11) is 1.42. The van der Waals surface area contributed by atoms with E-state index in [4.69, 9.17) is 14.2 Å². The number of amides is 1. The van der Waals surface area contributed by atoms with Crippen molar-refractivity contribution in [2.45, 2.75) is 39.1 Å². The summed E-state index contributed by atoms with van der Waals surface area (Å²) in [6, 6.07) is 8.95. The second-order valence-corrected chi connectivity index (χ2v) is 6.77. The molecule has 1 unspecified atom stereocenters. The van der Waals surface area contributed by atoms with Crippen LogP contribution in [0.2, 0.25) is 0 Å². The highest BCUT2D eigenvalue weighted by Crippen LogP contribution is 2.28. The Morgan fingerprint density at radius 2 is 1.73 bits per heavy atom. The lowest BCUT2D eigenvalue weighted by Crippen LogP contribution is -2.29. The lowest BCUT2D eigenvalue weighted by atomic mass is 10.1. The molecule has 9 nitrogen and oxygen atoms in total. The number of aromatic hydroxyl groups is 2. The number of carboxylic acids is 1. The maximum Gasteiger partial charge on any atom is 0.412 e. The van der Waals surface area contributed by atoms with Crippen molar-refractivity contribution in [1.82, 2.24) is 0 Å². The van der Waals surface area contributed by atoms with Crippen molar-refractivity contribution in [3.8, 4) is 17.2 Å². The second-order valence-electron chi connectivity index (χ2n) is 6.77. The molecule has 0 heterocycles. The number of benzene rings is 2. The maximum absolute atomic E-state index is 12.1. The van der Waals surface area contributed by atoms with Crippen LogP contribution in [-0.2, 0) is 27.3 Å². The number of phenols is 2. The van der Waals surface area contributed by atoms with Crippen LogP contribution >= 0.6 is 0 Å². The summed E-state index contributed by atoms with van der Waals surface area (Å²) >= 11 is 0. The topological polar surface area (TPSA) is 135 Å². The lowest BCUT2D eigenvalue weighted by Gasteiger charge is -2.17. The van der Waals surface area contributed by atoms with Crippen LogP contribution in [0.1, 0.15) is 25.0 Å². The third-order valence-electron chi connectivity index (χ3n) is 4.05. The van der Waals surface area contributed by atoms with Crippen LogP contribution in [0.25, 0.3) is 0 Å². The first-order chi connectivity index (χ1) is 14.2. The van der Waals surface area contributed by atoms with E-state index >= 15 is 0 Å². The van der Waals surface area contributed by atoms with Crippen LogP contribution in [0.15, 0.2) is 36.4 Å². The molecule has 9 heteroatoms. The number of methoxy groups -OCH3 is 1. The van der Waals surface area contributed by atoms with Crippen molar-refractivity contribution < 1.29 is 39.1 Å². The van der Waals surface area contributed by atoms with Crippen LogP contribution in [0.4, 0.5) is 10.5 Å². The van der Waals surface area contributed by atoms with E-state index in [0.29, 0.717) is 22.6 Å². The first-order valence-electron chi connectivity index (χ1n) is 9.19. The van der Waals surface area contributed by atoms with Gasteiger partial charge in [0, 0.05) is 6.42 Å². The highest BCUT2D eigenvalue weighted by atomic mass is 16.5. The van der Waals surface area contributed by atoms with E-state index in [9.17, 15) is 24.9 Å². The molecule has 2 aromatic carbocycles. The van der Waals surface area contributed by atoms with E-state index in [2.05, 4.69) is 5.32 Å². The molecule has 0 radical (unpaired) electrons. The maximum atomic E-state index is 12.1. The number of hydrogen-bond donors (Lipinski definition) is 4. The van der Waals surface area contributed by atoms with Gasteiger partial charge in [-0.05, 0) is 49.2 Å². The van der Waals surface area contributed by atoms with Crippen molar-refractivity contribution in [2.24, 2.45) is 0 Å². The fraction of sp³-hybridized carbons (Fsp3) is 0.333. The van der Waals surface area contributed by atoms with Crippen molar-refractivity contribution in [3.63, 3.8) is 0 Å². The SMILES string of the molecule is COc1cc(CC(OC(C)C)C(=O)O)ccc1NC(=O)OCc1ccc(O)c(O)c1. The van der Waals surface area contributed by atoms with Gasteiger partial charge in [0.2, 0.25) is 0 Å². The molecule has 0 saturated heterocycles. The molecule has 2 aromatic rings. The average molecular weight is 419 g/mol. The second kappa shape index (κ2) is 10.4. The zero-order valence-electron chi connectivity index (χ0n) is 16.9. The van der Waals surface area contributed by atoms with Crippen LogP contribution in [0, 0.1) is 0 Å². The van der Waals surface area contributed by atoms with Crippen molar-refractivity contribution in [2.75, 3.05) is 12.4 Å². The Morgan fingerprint density at radius 1 is 1.03 bits per heavy atom. The molecule has 0 aromatic heterocycles. The normalized spacial score (nSPS) is 11.7. The van der Waals surface area contributed by atoms with E-state index in [1.807, 2.05) is 0 Å². The van der Waals surface area contributed by atoms with Gasteiger partial charge in [0.05, 0.1) is 18.9 Å². The zero-order chi connectivity index (χ0) is 22.3. The molecule has 0 fully saturated rings. The molecule has 2 rings (SSSR count). The number of ether oxygens (including phenoxy) is 3. The highest BCUT2D eigenvalue weighted by molar-refractivity contribution is 5.86. The number of carboxylic acid groups (broad SMARTS) is 1. The number of rotatable bonds is 9. The van der Waals surface area contributed by atoms with Crippen molar-refractivity contribution >= 4 is 17.7 Å². The van der Waals surface area contributed by atoms with Gasteiger partial charge in [-0.3, -0.25) is 5.32 Å². The molecule has 0 bridgehead atoms. The number of hydrogen-bond acceptors (Lipinski definition) is 7. The lowest BCUT2D eigenvalue weighted by molar-refractivity contribution is -0.153. The van der Waals surface area contributed by atoms with Gasteiger partial charge in [-0.2, -0.15) is 0 Å². The largest absolute Gasteiger partial charge is 0.504 e. The number of phenolic OH excluding ortho intramolecular Hbond substituents is 2. The first kappa shape index (κ1) is 22.8. The molecular formula is C21H25NO8. The van der Waals surface area contributed by atoms with E-state index < -0.39 is 18.2 Å². The average Bonchev–Trinajstić information content (AvgIpc) is 2.69. The molecule has 0 aliphatic rings. The predicted molar refractivity (Wildman–Crippen MR) is 108 cm³/mol. The summed E-state index contributed by atoms with van der Waals surface area (Å²) in [4.78, 5) is 23.5. The predicted octanol–water partition coefficient (Wildman–Crippen LogP) is 3.28. The standard InChI is InChI=1S/C21H25NO8/c1-12(2)30-19(20(25)26)10-13-4-6-15(18(9-13)28-3)22-21(27)29-11-14-5-7-16(23)17(24)8-14/h4-9,12,19,23-24H,10-11H2,1-3H3,(H,22,27)(H,25,26). The number of anilines is 1. The fourth-order valence-electron chi connectivity index (χ4n) is 2.66. The molecule has 1 amide bonds. The van der Waals surface area contributed by atoms with Crippen LogP contribution < -0.4 is 10.1 Å². The Labute approximate surface area is 173 Å². The molecule has 0 saturated carbocycles. The van der Waals surface area contributed by atoms with E-state index in [1.54, 1.807) is 32.0 Å². The first-order valence-corrected chi connectivity index (χ1v) is 9.19. The number of carbonyl (C=O) groups excluding carboxylic acids is 1. The number of carbonyl (C=O) groups is 2. The van der Waals surface area contributed by atoms with Crippen LogP contribution in [-0.4, -0.2) is 46.7 Å². The molecule has 0 spiro atoms. The van der Waals surface area contributed by atoms with Gasteiger partial charge in [-0.15, -0.1) is 0 Å². The summed E-state index contributed by atoms with van der Waals surface area (Å²) < 4.78 is 15.8. The van der Waals surface area contributed by atoms with Gasteiger partial charge < -0.3 is 29.5 Å². The van der Waals surface area contributed by atoms with Gasteiger partial charge in [0.25, 0.3) is 0 Å². The quantitative estimate of drug-likeness (QED) is 0.455. The number of nitrogens with one attached hydrogen (secondary N) is 1. The van der Waals surface area contributed by atoms with Crippen molar-refractivity contribution in [3.05, 3.63) is 47.5 Å². The monoisotopic (exact) mass is 419 g/mol. The summed E-state index contributed by atoms with van der Waals surface area (Å²) in [5, 5.41) is 30.6. The van der Waals surface area contributed by atoms with Gasteiger partial charge >= 0.3 is 12.1 Å². The Balaban J connectivity index is 2.02. The number of aliphatic carboxylic acids is 1. The summed E-state index contributed by atoms with van der Waals surface area (Å²) in [5.41, 5.74) is 1.50. The van der Waals surface area contributed by atoms with Gasteiger partial charge in [0.15, 0.2) is 17.6 Å². The van der Waals surface area contributed by atoms with Crippen molar-refractivity contribution in [1.29, 1.82) is 0 Å². The zero-order valence-corrected chi connectivity index (χ0v) is 16.9. The van der Waals surface area contributed by atoms with Gasteiger partial charge in [0.1, 0.15) is 12.4 Å². The van der Waals surface area contributed by atoms with Crippen LogP contribution in [0.5, 0.6) is 17.2 Å². The molecule has 1 atom stereocenters. The third kappa shape index (κ3) is 6.56. The molecule has 4 N–H and O–H groups in total. The Morgan fingerprint density at radius 3 is 2.33 bits per heavy atom. The minimum Gasteiger partial charge on any atom is -0.504 e. The van der Waals surface area contributed by atoms with Gasteiger partial charge in [-0.25, -0.2) is 9.59 Å². The smallest absolute Gasteiger partial charge is 0.412 e. The summed E-state index contributed by atoms with van der Waals surface area (Å²) in [6.45, 7) is 3.40. The molecule has 30 heavy (non-hydrogen) atoms. The third-order valence-corrected chi connectivity index (χ3v) is 4.05. The van der Waals surface area contributed by atoms with E-state index in [0.717, 1.165) is 0 Å². The highest BCUT2D eigenvalue weighted by Gasteiger charge is 2.21. The fourth-order valence-corrected chi connectivity index (χ4v) is 2.66. The minimum absolute atomic E-state index is 0.118. The Hall–Kier alpha value is -3.46. The Kier molecular flexibility index (Phi) is 7.88. The van der Waals surface area contributed by atoms with E-state index in [-0.39, 0.29) is 30.6 Å². The van der Waals surface area contributed by atoms with Crippen LogP contribution in [0.3, 0.4) is 0 Å². The summed E-state index contributed by atoms with van der Waals surface area (Å²) in [5.74, 6) is -1.30. The summed E-state index contributed by atoms with van der Waals surface area (Å²) in [6.07, 6.45) is -1.85. The Bertz CT molecular complexity index is 897. The molecular weight excluding hydrogens is 394 g/mol.